The molecule has 0 atom stereocenters. The van der Waals surface area contributed by atoms with Gasteiger partial charge in [-0.3, -0.25) is 4.79 Å². The predicted octanol–water partition coefficient (Wildman–Crippen LogP) is 3.63. The van der Waals surface area contributed by atoms with Crippen molar-refractivity contribution in [2.45, 2.75) is 37.8 Å². The first kappa shape index (κ1) is 22.2. The molecule has 1 aliphatic carbocycles. The first-order valence-electron chi connectivity index (χ1n) is 11.4. The minimum atomic E-state index is -0.696. The maximum atomic E-state index is 14.0. The molecule has 3 heterocycles. The molecule has 0 unspecified atom stereocenters. The van der Waals surface area contributed by atoms with Gasteiger partial charge in [0.2, 0.25) is 0 Å². The van der Waals surface area contributed by atoms with Crippen molar-refractivity contribution < 1.29 is 18.3 Å². The van der Waals surface area contributed by atoms with Gasteiger partial charge in [-0.15, -0.1) is 0 Å². The van der Waals surface area contributed by atoms with Crippen LogP contribution < -0.4 is 15.0 Å². The van der Waals surface area contributed by atoms with Crippen LogP contribution in [-0.2, 0) is 0 Å². The molecule has 0 spiro atoms. The number of piperidine rings is 1. The van der Waals surface area contributed by atoms with Gasteiger partial charge in [0.05, 0.1) is 11.7 Å². The minimum absolute atomic E-state index is 0.0654. The molecule has 0 radical (unpaired) electrons. The summed E-state index contributed by atoms with van der Waals surface area (Å²) in [5.41, 5.74) is 1.54. The molecular weight excluding hydrogens is 442 g/mol. The van der Waals surface area contributed by atoms with E-state index in [1.165, 1.54) is 17.0 Å². The average Bonchev–Trinajstić information content (AvgIpc) is 3.64. The Labute approximate surface area is 196 Å². The van der Waals surface area contributed by atoms with E-state index in [9.17, 15) is 13.6 Å². The van der Waals surface area contributed by atoms with E-state index in [1.807, 2.05) is 0 Å². The van der Waals surface area contributed by atoms with Crippen LogP contribution in [0.2, 0.25) is 0 Å². The van der Waals surface area contributed by atoms with Crippen molar-refractivity contribution in [1.29, 1.82) is 0 Å². The van der Waals surface area contributed by atoms with Crippen molar-refractivity contribution in [1.82, 2.24) is 19.9 Å². The van der Waals surface area contributed by atoms with E-state index >= 15 is 0 Å². The number of carbonyl (C=O) groups is 1. The molecule has 2 aromatic heterocycles. The molecule has 1 saturated heterocycles. The molecule has 1 aromatic carbocycles. The summed E-state index contributed by atoms with van der Waals surface area (Å²) < 4.78 is 32.9. The second-order valence-electron chi connectivity index (χ2n) is 8.95. The maximum Gasteiger partial charge on any atom is 0.272 e. The molecule has 1 aliphatic heterocycles. The summed E-state index contributed by atoms with van der Waals surface area (Å²) >= 11 is 0. The number of hydrogen-bond acceptors (Lipinski definition) is 7. The van der Waals surface area contributed by atoms with E-state index in [0.29, 0.717) is 54.5 Å². The van der Waals surface area contributed by atoms with Crippen LogP contribution >= 0.6 is 0 Å². The zero-order valence-electron chi connectivity index (χ0n) is 19.1. The molecule has 1 amide bonds. The molecule has 34 heavy (non-hydrogen) atoms. The number of benzene rings is 1. The maximum absolute atomic E-state index is 14.0. The number of nitrogens with zero attached hydrogens (tertiary/aromatic N) is 5. The summed E-state index contributed by atoms with van der Waals surface area (Å²) in [4.78, 5) is 29.8. The van der Waals surface area contributed by atoms with Crippen LogP contribution in [0.4, 0.5) is 20.4 Å². The highest BCUT2D eigenvalue weighted by molar-refractivity contribution is 5.95. The van der Waals surface area contributed by atoms with Gasteiger partial charge >= 0.3 is 0 Å². The Morgan fingerprint density at radius 1 is 1.09 bits per heavy atom. The topological polar surface area (TPSA) is 83.5 Å². The Kier molecular flexibility index (Phi) is 5.89. The lowest BCUT2D eigenvalue weighted by Gasteiger charge is -2.33. The molecule has 8 nitrogen and oxygen atoms in total. The van der Waals surface area contributed by atoms with Crippen molar-refractivity contribution in [3.05, 3.63) is 47.8 Å². The first-order chi connectivity index (χ1) is 16.4. The molecule has 2 fully saturated rings. The van der Waals surface area contributed by atoms with Crippen molar-refractivity contribution in [2.24, 2.45) is 0 Å². The molecule has 2 aliphatic rings. The molecular formula is C24H26F2N6O2. The number of anilines is 2. The fourth-order valence-electron chi connectivity index (χ4n) is 3.97. The number of hydrogen-bond donors (Lipinski definition) is 1. The molecule has 0 bridgehead atoms. The third-order valence-electron chi connectivity index (χ3n) is 6.00. The van der Waals surface area contributed by atoms with Crippen LogP contribution in [0, 0.1) is 11.6 Å². The third-order valence-corrected chi connectivity index (χ3v) is 6.00. The quantitative estimate of drug-likeness (QED) is 0.592. The number of nitrogens with one attached hydrogen (secondary N) is 1. The lowest BCUT2D eigenvalue weighted by Crippen LogP contribution is -2.39. The molecule has 1 saturated carbocycles. The fourth-order valence-corrected chi connectivity index (χ4v) is 3.97. The van der Waals surface area contributed by atoms with Crippen LogP contribution in [0.1, 0.15) is 36.2 Å². The molecule has 5 rings (SSSR count). The second kappa shape index (κ2) is 9.00. The van der Waals surface area contributed by atoms with Gasteiger partial charge in [0.15, 0.2) is 23.2 Å². The molecule has 178 valence electrons. The summed E-state index contributed by atoms with van der Waals surface area (Å²) in [5, 5.41) is 3.46. The molecule has 10 heteroatoms. The molecule has 3 aromatic rings. The zero-order valence-corrected chi connectivity index (χ0v) is 19.1. The van der Waals surface area contributed by atoms with Gasteiger partial charge in [-0.2, -0.15) is 0 Å². The third kappa shape index (κ3) is 4.71. The summed E-state index contributed by atoms with van der Waals surface area (Å²) in [6.07, 6.45) is 4.89. The van der Waals surface area contributed by atoms with Gasteiger partial charge in [-0.1, -0.05) is 0 Å². The Bertz CT molecular complexity index is 1230. The summed E-state index contributed by atoms with van der Waals surface area (Å²) in [6.45, 7) is 1.30. The summed E-state index contributed by atoms with van der Waals surface area (Å²) in [6, 6.07) is 5.39. The number of aromatic nitrogens is 3. The van der Waals surface area contributed by atoms with Crippen molar-refractivity contribution in [3.8, 4) is 5.75 Å². The number of rotatable bonds is 6. The van der Waals surface area contributed by atoms with Gasteiger partial charge in [-0.25, -0.2) is 23.7 Å². The highest BCUT2D eigenvalue weighted by atomic mass is 19.1. The number of ether oxygens (including phenoxy) is 1. The number of fused-ring (bicyclic) bond motifs is 1. The fraction of sp³-hybridized carbons (Fsp3) is 0.417. The van der Waals surface area contributed by atoms with Crippen LogP contribution in [0.5, 0.6) is 5.75 Å². The SMILES string of the molecule is CN(C)C(=O)c1cc2nc(NC3CC3)c(N3CCC(Oc4ccc(F)cc4F)CC3)nc2cn1. The van der Waals surface area contributed by atoms with Gasteiger partial charge in [0, 0.05) is 52.1 Å². The van der Waals surface area contributed by atoms with Crippen molar-refractivity contribution in [2.75, 3.05) is 37.4 Å². The van der Waals surface area contributed by atoms with E-state index in [4.69, 9.17) is 14.7 Å². The Balaban J connectivity index is 1.36. The van der Waals surface area contributed by atoms with E-state index in [0.717, 1.165) is 24.7 Å². The Hall–Kier alpha value is -3.56. The monoisotopic (exact) mass is 468 g/mol. The van der Waals surface area contributed by atoms with E-state index in [2.05, 4.69) is 15.2 Å². The van der Waals surface area contributed by atoms with Gasteiger partial charge in [0.25, 0.3) is 5.91 Å². The lowest BCUT2D eigenvalue weighted by atomic mass is 10.1. The number of carbonyl (C=O) groups excluding carboxylic acids is 1. The Morgan fingerprint density at radius 3 is 2.53 bits per heavy atom. The van der Waals surface area contributed by atoms with Gasteiger partial charge < -0.3 is 19.9 Å². The first-order valence-corrected chi connectivity index (χ1v) is 11.4. The predicted molar refractivity (Wildman–Crippen MR) is 124 cm³/mol. The largest absolute Gasteiger partial charge is 0.487 e. The standard InChI is InChI=1S/C24H26F2N6O2/c1-31(2)24(33)19-12-18-20(13-27-19)30-23(22(29-18)28-15-4-5-15)32-9-7-16(8-10-32)34-21-6-3-14(25)11-17(21)26/h3,6,11-13,15-16H,4-5,7-10H2,1-2H3,(H,28,29). The summed E-state index contributed by atoms with van der Waals surface area (Å²) in [5.74, 6) is -0.0243. The molecule has 1 N–H and O–H groups in total. The van der Waals surface area contributed by atoms with Crippen LogP contribution in [-0.4, -0.2) is 65.1 Å². The van der Waals surface area contributed by atoms with Gasteiger partial charge in [-0.05, 0) is 31.0 Å². The van der Waals surface area contributed by atoms with Gasteiger partial charge in [0.1, 0.15) is 23.1 Å². The van der Waals surface area contributed by atoms with Crippen LogP contribution in [0.15, 0.2) is 30.5 Å². The normalized spacial score (nSPS) is 16.5. The van der Waals surface area contributed by atoms with E-state index < -0.39 is 11.6 Å². The smallest absolute Gasteiger partial charge is 0.272 e. The van der Waals surface area contributed by atoms with Crippen LogP contribution in [0.3, 0.4) is 0 Å². The number of halogens is 2. The van der Waals surface area contributed by atoms with E-state index in [-0.39, 0.29) is 17.8 Å². The average molecular weight is 469 g/mol. The van der Waals surface area contributed by atoms with E-state index in [1.54, 1.807) is 26.4 Å². The zero-order chi connectivity index (χ0) is 23.8. The lowest BCUT2D eigenvalue weighted by molar-refractivity contribution is 0.0822. The van der Waals surface area contributed by atoms with Crippen LogP contribution in [0.25, 0.3) is 11.0 Å². The number of pyridine rings is 1. The minimum Gasteiger partial charge on any atom is -0.487 e. The highest BCUT2D eigenvalue weighted by Gasteiger charge is 2.28. The van der Waals surface area contributed by atoms with Crippen molar-refractivity contribution in [3.63, 3.8) is 0 Å². The Morgan fingerprint density at radius 2 is 1.85 bits per heavy atom. The highest BCUT2D eigenvalue weighted by Crippen LogP contribution is 2.33. The van der Waals surface area contributed by atoms with Crippen molar-refractivity contribution >= 4 is 28.6 Å². The number of amides is 1. The second-order valence-corrected chi connectivity index (χ2v) is 8.95. The summed E-state index contributed by atoms with van der Waals surface area (Å²) in [7, 11) is 3.36.